The molecular weight excluding hydrogens is 363 g/mol. The lowest BCUT2D eigenvalue weighted by molar-refractivity contribution is -0.132. The number of hydrogen-bond donors (Lipinski definition) is 1. The van der Waals surface area contributed by atoms with Gasteiger partial charge < -0.3 is 14.9 Å². The van der Waals surface area contributed by atoms with Crippen LogP contribution in [0.3, 0.4) is 0 Å². The van der Waals surface area contributed by atoms with Crippen molar-refractivity contribution in [1.82, 2.24) is 4.90 Å². The predicted molar refractivity (Wildman–Crippen MR) is 102 cm³/mol. The van der Waals surface area contributed by atoms with Crippen molar-refractivity contribution >= 4 is 23.3 Å². The van der Waals surface area contributed by atoms with Crippen LogP contribution in [0.4, 0.5) is 10.1 Å². The minimum absolute atomic E-state index is 0.174. The van der Waals surface area contributed by atoms with Crippen molar-refractivity contribution in [2.24, 2.45) is 0 Å². The van der Waals surface area contributed by atoms with E-state index >= 15 is 0 Å². The summed E-state index contributed by atoms with van der Waals surface area (Å²) < 4.78 is 13.0. The number of amides is 1. The smallest absolute Gasteiger partial charge is 0.328 e. The highest BCUT2D eigenvalue weighted by molar-refractivity contribution is 6.09. The largest absolute Gasteiger partial charge is 0.478 e. The molecule has 0 saturated carbocycles. The lowest BCUT2D eigenvalue weighted by atomic mass is 10.0. The standard InChI is InChI=1S/C21H19FN2O4/c22-17-5-1-15(2-6-17)21(28)16-3-7-18(8-4-16)23-11-13-24(14-12-23)19(25)9-10-20(26)27/h1-10H,11-14H2,(H,26,27)/b10-9-. The molecule has 28 heavy (non-hydrogen) atoms. The number of aliphatic carboxylic acids is 1. The first-order valence-corrected chi connectivity index (χ1v) is 8.79. The molecule has 0 bridgehead atoms. The molecule has 0 unspecified atom stereocenters. The van der Waals surface area contributed by atoms with Gasteiger partial charge in [0.1, 0.15) is 5.82 Å². The van der Waals surface area contributed by atoms with Gasteiger partial charge in [0.15, 0.2) is 5.78 Å². The summed E-state index contributed by atoms with van der Waals surface area (Å²) in [6.07, 6.45) is 1.90. The Morgan fingerprint density at radius 3 is 1.89 bits per heavy atom. The van der Waals surface area contributed by atoms with Crippen LogP contribution in [-0.2, 0) is 9.59 Å². The third-order valence-corrected chi connectivity index (χ3v) is 4.56. The average Bonchev–Trinajstić information content (AvgIpc) is 2.72. The van der Waals surface area contributed by atoms with E-state index in [1.54, 1.807) is 17.0 Å². The highest BCUT2D eigenvalue weighted by Gasteiger charge is 2.20. The van der Waals surface area contributed by atoms with Crippen LogP contribution in [0.25, 0.3) is 0 Å². The van der Waals surface area contributed by atoms with Gasteiger partial charge in [-0.25, -0.2) is 9.18 Å². The van der Waals surface area contributed by atoms with Gasteiger partial charge in [0, 0.05) is 55.1 Å². The number of rotatable bonds is 5. The van der Waals surface area contributed by atoms with Crippen LogP contribution < -0.4 is 4.90 Å². The van der Waals surface area contributed by atoms with Crippen LogP contribution in [0.2, 0.25) is 0 Å². The molecule has 0 radical (unpaired) electrons. The molecule has 1 amide bonds. The Labute approximate surface area is 161 Å². The van der Waals surface area contributed by atoms with Crippen molar-refractivity contribution in [2.45, 2.75) is 0 Å². The van der Waals surface area contributed by atoms with Gasteiger partial charge in [-0.2, -0.15) is 0 Å². The Balaban J connectivity index is 1.60. The molecule has 2 aromatic carbocycles. The lowest BCUT2D eigenvalue weighted by Gasteiger charge is -2.35. The minimum atomic E-state index is -1.15. The molecule has 6 nitrogen and oxygen atoms in total. The summed E-state index contributed by atoms with van der Waals surface area (Å²) >= 11 is 0. The van der Waals surface area contributed by atoms with Gasteiger partial charge in [0.25, 0.3) is 0 Å². The number of ketones is 1. The monoisotopic (exact) mass is 382 g/mol. The van der Waals surface area contributed by atoms with E-state index in [1.165, 1.54) is 24.3 Å². The summed E-state index contributed by atoms with van der Waals surface area (Å²) in [4.78, 5) is 38.6. The molecule has 7 heteroatoms. The average molecular weight is 382 g/mol. The number of carboxylic acids is 1. The van der Waals surface area contributed by atoms with Crippen LogP contribution in [0, 0.1) is 5.82 Å². The number of carbonyl (C=O) groups excluding carboxylic acids is 2. The van der Waals surface area contributed by atoms with Crippen molar-refractivity contribution in [3.63, 3.8) is 0 Å². The maximum atomic E-state index is 13.0. The lowest BCUT2D eigenvalue weighted by Crippen LogP contribution is -2.48. The normalized spacial score (nSPS) is 14.3. The summed E-state index contributed by atoms with van der Waals surface area (Å²) in [5.74, 6) is -2.03. The van der Waals surface area contributed by atoms with Gasteiger partial charge in [-0.05, 0) is 48.5 Å². The van der Waals surface area contributed by atoms with E-state index in [0.717, 1.165) is 17.8 Å². The van der Waals surface area contributed by atoms with Gasteiger partial charge in [-0.3, -0.25) is 9.59 Å². The molecule has 1 fully saturated rings. The molecule has 1 saturated heterocycles. The molecule has 0 aliphatic carbocycles. The first-order chi connectivity index (χ1) is 13.4. The Kier molecular flexibility index (Phi) is 5.84. The third-order valence-electron chi connectivity index (χ3n) is 4.56. The van der Waals surface area contributed by atoms with Crippen LogP contribution in [0.1, 0.15) is 15.9 Å². The summed E-state index contributed by atoms with van der Waals surface area (Å²) in [6, 6.07) is 12.6. The quantitative estimate of drug-likeness (QED) is 0.634. The fourth-order valence-corrected chi connectivity index (χ4v) is 3.02. The predicted octanol–water partition coefficient (Wildman–Crippen LogP) is 2.35. The number of carbonyl (C=O) groups is 3. The number of carboxylic acid groups (broad SMARTS) is 1. The van der Waals surface area contributed by atoms with E-state index in [2.05, 4.69) is 4.90 Å². The van der Waals surface area contributed by atoms with Gasteiger partial charge in [-0.15, -0.1) is 0 Å². The van der Waals surface area contributed by atoms with Crippen molar-refractivity contribution in [2.75, 3.05) is 31.1 Å². The molecule has 1 N–H and O–H groups in total. The number of halogens is 1. The Morgan fingerprint density at radius 2 is 1.36 bits per heavy atom. The van der Waals surface area contributed by atoms with E-state index in [-0.39, 0.29) is 17.5 Å². The van der Waals surface area contributed by atoms with Crippen LogP contribution in [0.5, 0.6) is 0 Å². The molecule has 0 spiro atoms. The first kappa shape index (κ1) is 19.3. The second-order valence-electron chi connectivity index (χ2n) is 6.37. The van der Waals surface area contributed by atoms with Crippen molar-refractivity contribution in [3.8, 4) is 0 Å². The van der Waals surface area contributed by atoms with Crippen molar-refractivity contribution in [3.05, 3.63) is 77.6 Å². The molecule has 3 rings (SSSR count). The summed E-state index contributed by atoms with van der Waals surface area (Å²) in [5, 5.41) is 8.59. The highest BCUT2D eigenvalue weighted by Crippen LogP contribution is 2.19. The van der Waals surface area contributed by atoms with Crippen LogP contribution in [0.15, 0.2) is 60.7 Å². The SMILES string of the molecule is O=C(O)/C=C\C(=O)N1CCN(c2ccc(C(=O)c3ccc(F)cc3)cc2)CC1. The van der Waals surface area contributed by atoms with Crippen LogP contribution in [-0.4, -0.2) is 53.8 Å². The van der Waals surface area contributed by atoms with E-state index in [0.29, 0.717) is 37.3 Å². The molecule has 2 aromatic rings. The zero-order valence-electron chi connectivity index (χ0n) is 15.0. The third kappa shape index (κ3) is 4.62. The van der Waals surface area contributed by atoms with Gasteiger partial charge in [0.2, 0.25) is 5.91 Å². The van der Waals surface area contributed by atoms with E-state index in [4.69, 9.17) is 5.11 Å². The summed E-state index contributed by atoms with van der Waals surface area (Å²) in [6.45, 7) is 2.19. The molecule has 1 aliphatic rings. The second kappa shape index (κ2) is 8.47. The van der Waals surface area contributed by atoms with Gasteiger partial charge in [0.05, 0.1) is 0 Å². The number of hydrogen-bond acceptors (Lipinski definition) is 4. The van der Waals surface area contributed by atoms with Crippen LogP contribution >= 0.6 is 0 Å². The van der Waals surface area contributed by atoms with Crippen molar-refractivity contribution < 1.29 is 23.9 Å². The molecule has 1 heterocycles. The molecule has 0 atom stereocenters. The summed E-state index contributed by atoms with van der Waals surface area (Å²) in [5.41, 5.74) is 1.88. The van der Waals surface area contributed by atoms with E-state index < -0.39 is 5.97 Å². The maximum Gasteiger partial charge on any atom is 0.328 e. The molecule has 144 valence electrons. The first-order valence-electron chi connectivity index (χ1n) is 8.79. The highest BCUT2D eigenvalue weighted by atomic mass is 19.1. The van der Waals surface area contributed by atoms with Gasteiger partial charge in [-0.1, -0.05) is 0 Å². The minimum Gasteiger partial charge on any atom is -0.478 e. The number of piperazine rings is 1. The Morgan fingerprint density at radius 1 is 0.821 bits per heavy atom. The number of anilines is 1. The summed E-state index contributed by atoms with van der Waals surface area (Å²) in [7, 11) is 0. The zero-order chi connectivity index (χ0) is 20.1. The Hall–Kier alpha value is -3.48. The topological polar surface area (TPSA) is 77.9 Å². The molecule has 0 aromatic heterocycles. The second-order valence-corrected chi connectivity index (χ2v) is 6.37. The Bertz CT molecular complexity index is 899. The van der Waals surface area contributed by atoms with E-state index in [1.807, 2.05) is 12.1 Å². The van der Waals surface area contributed by atoms with E-state index in [9.17, 15) is 18.8 Å². The fourth-order valence-electron chi connectivity index (χ4n) is 3.02. The van der Waals surface area contributed by atoms with Crippen molar-refractivity contribution in [1.29, 1.82) is 0 Å². The van der Waals surface area contributed by atoms with Gasteiger partial charge >= 0.3 is 5.97 Å². The fraction of sp³-hybridized carbons (Fsp3) is 0.190. The maximum absolute atomic E-state index is 13.0. The number of benzene rings is 2. The number of nitrogens with zero attached hydrogens (tertiary/aromatic N) is 2. The molecule has 1 aliphatic heterocycles. The molecular formula is C21H19FN2O4. The zero-order valence-corrected chi connectivity index (χ0v) is 15.0.